The molecule has 0 unspecified atom stereocenters. The van der Waals surface area contributed by atoms with E-state index in [4.69, 9.17) is 0 Å². The Hall–Kier alpha value is -2.42. The maximum atomic E-state index is 4.47. The summed E-state index contributed by atoms with van der Waals surface area (Å²) in [6.45, 7) is 2.10. The fourth-order valence-electron chi connectivity index (χ4n) is 2.54. The lowest BCUT2D eigenvalue weighted by atomic mass is 10.1. The maximum Gasteiger partial charge on any atom is 0.0986 e. The third-order valence-electron chi connectivity index (χ3n) is 3.35. The molecule has 2 heterocycles. The molecule has 3 heteroatoms. The van der Waals surface area contributed by atoms with Crippen LogP contribution >= 0.6 is 0 Å². The maximum absolute atomic E-state index is 4.47. The van der Waals surface area contributed by atoms with E-state index in [9.17, 15) is 0 Å². The molecule has 0 radical (unpaired) electrons. The van der Waals surface area contributed by atoms with Gasteiger partial charge in [0.1, 0.15) is 0 Å². The fraction of sp³-hybridized carbons (Fsp3) is 0.0667. The second kappa shape index (κ2) is 3.29. The first-order valence-electron chi connectivity index (χ1n) is 5.95. The van der Waals surface area contributed by atoms with Crippen molar-refractivity contribution in [3.63, 3.8) is 0 Å². The number of aromatic amines is 1. The fourth-order valence-corrected chi connectivity index (χ4v) is 2.54. The van der Waals surface area contributed by atoms with Crippen molar-refractivity contribution < 1.29 is 0 Å². The van der Waals surface area contributed by atoms with Gasteiger partial charge in [0.2, 0.25) is 0 Å². The highest BCUT2D eigenvalue weighted by atomic mass is 14.8. The highest BCUT2D eigenvalue weighted by Gasteiger charge is 2.09. The van der Waals surface area contributed by atoms with Gasteiger partial charge in [-0.3, -0.25) is 9.97 Å². The lowest BCUT2D eigenvalue weighted by Crippen LogP contribution is -1.82. The van der Waals surface area contributed by atoms with E-state index in [1.807, 2.05) is 6.07 Å². The third kappa shape index (κ3) is 1.19. The highest BCUT2D eigenvalue weighted by Crippen LogP contribution is 2.30. The van der Waals surface area contributed by atoms with E-state index < -0.39 is 0 Å². The van der Waals surface area contributed by atoms with Gasteiger partial charge >= 0.3 is 0 Å². The van der Waals surface area contributed by atoms with Crippen LogP contribution in [-0.2, 0) is 0 Å². The summed E-state index contributed by atoms with van der Waals surface area (Å²) in [4.78, 5) is 12.3. The van der Waals surface area contributed by atoms with Gasteiger partial charge in [0.25, 0.3) is 0 Å². The van der Waals surface area contributed by atoms with E-state index in [2.05, 4.69) is 46.1 Å². The van der Waals surface area contributed by atoms with Crippen LogP contribution in [0.15, 0.2) is 42.7 Å². The first kappa shape index (κ1) is 9.59. The van der Waals surface area contributed by atoms with E-state index >= 15 is 0 Å². The minimum Gasteiger partial charge on any atom is -0.354 e. The molecule has 4 aromatic rings. The predicted octanol–water partition coefficient (Wildman–Crippen LogP) is 3.57. The van der Waals surface area contributed by atoms with Crippen molar-refractivity contribution in [2.45, 2.75) is 6.92 Å². The third-order valence-corrected chi connectivity index (χ3v) is 3.35. The minimum absolute atomic E-state index is 0.937. The molecular weight excluding hydrogens is 222 g/mol. The summed E-state index contributed by atoms with van der Waals surface area (Å²) in [6, 6.07) is 10.5. The quantitative estimate of drug-likeness (QED) is 0.504. The normalized spacial score (nSPS) is 11.6. The molecule has 0 aliphatic carbocycles. The Bertz CT molecular complexity index is 890. The zero-order valence-electron chi connectivity index (χ0n) is 9.94. The van der Waals surface area contributed by atoms with E-state index in [1.54, 1.807) is 12.4 Å². The van der Waals surface area contributed by atoms with Crippen LogP contribution in [-0.4, -0.2) is 15.0 Å². The van der Waals surface area contributed by atoms with Gasteiger partial charge in [0, 0.05) is 34.2 Å². The number of hydrogen-bond acceptors (Lipinski definition) is 2. The molecule has 2 aromatic heterocycles. The van der Waals surface area contributed by atoms with Crippen molar-refractivity contribution in [1.82, 2.24) is 15.0 Å². The van der Waals surface area contributed by atoms with Gasteiger partial charge in [0.15, 0.2) is 0 Å². The van der Waals surface area contributed by atoms with Crippen LogP contribution in [0.2, 0.25) is 0 Å². The van der Waals surface area contributed by atoms with Gasteiger partial charge in [-0.1, -0.05) is 12.1 Å². The molecule has 0 fully saturated rings. The molecule has 18 heavy (non-hydrogen) atoms. The number of nitrogens with zero attached hydrogens (tertiary/aromatic N) is 2. The molecule has 0 aliphatic heterocycles. The standard InChI is InChI=1S/C15H11N3/c1-9-2-3-10-13(8-9)18-11-4-5-12-15(14(10)11)17-7-6-16-12/h2-8,18H,1H3. The molecule has 0 aliphatic rings. The predicted molar refractivity (Wildman–Crippen MR) is 73.6 cm³/mol. The van der Waals surface area contributed by atoms with Crippen LogP contribution in [0.4, 0.5) is 0 Å². The monoisotopic (exact) mass is 233 g/mol. The van der Waals surface area contributed by atoms with Gasteiger partial charge in [-0.15, -0.1) is 0 Å². The van der Waals surface area contributed by atoms with Gasteiger partial charge in [-0.05, 0) is 30.7 Å². The molecule has 0 spiro atoms. The second-order valence-corrected chi connectivity index (χ2v) is 4.59. The van der Waals surface area contributed by atoms with Gasteiger partial charge < -0.3 is 4.98 Å². The average molecular weight is 233 g/mol. The molecular formula is C15H11N3. The number of hydrogen-bond donors (Lipinski definition) is 1. The number of nitrogens with one attached hydrogen (secondary N) is 1. The largest absolute Gasteiger partial charge is 0.354 e. The van der Waals surface area contributed by atoms with Crippen LogP contribution in [0.1, 0.15) is 5.56 Å². The number of aromatic nitrogens is 3. The Kier molecular flexibility index (Phi) is 1.75. The van der Waals surface area contributed by atoms with E-state index in [-0.39, 0.29) is 0 Å². The van der Waals surface area contributed by atoms with Crippen LogP contribution in [0.3, 0.4) is 0 Å². The van der Waals surface area contributed by atoms with Crippen molar-refractivity contribution in [3.05, 3.63) is 48.3 Å². The van der Waals surface area contributed by atoms with Gasteiger partial charge in [-0.25, -0.2) is 0 Å². The Balaban J connectivity index is 2.33. The summed E-state index contributed by atoms with van der Waals surface area (Å²) < 4.78 is 0. The van der Waals surface area contributed by atoms with Gasteiger partial charge in [-0.2, -0.15) is 0 Å². The van der Waals surface area contributed by atoms with Crippen molar-refractivity contribution >= 4 is 32.8 Å². The van der Waals surface area contributed by atoms with E-state index in [0.717, 1.165) is 27.5 Å². The summed E-state index contributed by atoms with van der Waals surface area (Å²) in [7, 11) is 0. The van der Waals surface area contributed by atoms with Crippen LogP contribution < -0.4 is 0 Å². The topological polar surface area (TPSA) is 41.6 Å². The first-order valence-corrected chi connectivity index (χ1v) is 5.95. The zero-order chi connectivity index (χ0) is 12.1. The molecule has 1 N–H and O–H groups in total. The van der Waals surface area contributed by atoms with Crippen molar-refractivity contribution in [3.8, 4) is 0 Å². The SMILES string of the molecule is Cc1ccc2c(c1)[nH]c1ccc3nccnc3c12. The van der Waals surface area contributed by atoms with E-state index in [1.165, 1.54) is 10.9 Å². The van der Waals surface area contributed by atoms with E-state index in [0.29, 0.717) is 0 Å². The molecule has 0 saturated heterocycles. The van der Waals surface area contributed by atoms with Crippen LogP contribution in [0.5, 0.6) is 0 Å². The molecule has 2 aromatic carbocycles. The average Bonchev–Trinajstić information content (AvgIpc) is 2.76. The zero-order valence-corrected chi connectivity index (χ0v) is 9.94. The summed E-state index contributed by atoms with van der Waals surface area (Å²) >= 11 is 0. The summed E-state index contributed by atoms with van der Waals surface area (Å²) in [5.41, 5.74) is 5.42. The van der Waals surface area contributed by atoms with Crippen LogP contribution in [0.25, 0.3) is 32.8 Å². The molecule has 0 saturated carbocycles. The van der Waals surface area contributed by atoms with Crippen LogP contribution in [0, 0.1) is 6.92 Å². The lowest BCUT2D eigenvalue weighted by molar-refractivity contribution is 1.30. The van der Waals surface area contributed by atoms with Crippen molar-refractivity contribution in [2.75, 3.05) is 0 Å². The molecule has 0 amide bonds. The minimum atomic E-state index is 0.937. The number of H-pyrrole nitrogens is 1. The molecule has 0 bridgehead atoms. The Morgan fingerprint density at radius 3 is 2.78 bits per heavy atom. The molecule has 3 nitrogen and oxygen atoms in total. The number of rotatable bonds is 0. The molecule has 4 rings (SSSR count). The summed E-state index contributed by atoms with van der Waals surface area (Å²) in [5, 5.41) is 2.37. The van der Waals surface area contributed by atoms with Crippen molar-refractivity contribution in [1.29, 1.82) is 0 Å². The van der Waals surface area contributed by atoms with Gasteiger partial charge in [0.05, 0.1) is 11.0 Å². The summed E-state index contributed by atoms with van der Waals surface area (Å²) in [5.74, 6) is 0. The Labute approximate surface area is 103 Å². The summed E-state index contributed by atoms with van der Waals surface area (Å²) in [6.07, 6.45) is 3.47. The highest BCUT2D eigenvalue weighted by molar-refractivity contribution is 6.18. The lowest BCUT2D eigenvalue weighted by Gasteiger charge is -1.98. The smallest absolute Gasteiger partial charge is 0.0986 e. The molecule has 0 atom stereocenters. The Morgan fingerprint density at radius 2 is 1.83 bits per heavy atom. The Morgan fingerprint density at radius 1 is 0.944 bits per heavy atom. The number of aryl methyl sites for hydroxylation is 1. The number of fused-ring (bicyclic) bond motifs is 5. The first-order chi connectivity index (χ1) is 8.83. The second-order valence-electron chi connectivity index (χ2n) is 4.59. The van der Waals surface area contributed by atoms with Crippen molar-refractivity contribution in [2.24, 2.45) is 0 Å². The number of benzene rings is 2. The molecule has 86 valence electrons.